The fraction of sp³-hybridized carbons (Fsp3) is 0.273. The van der Waals surface area contributed by atoms with Gasteiger partial charge in [0.15, 0.2) is 0 Å². The van der Waals surface area contributed by atoms with Crippen molar-refractivity contribution in [3.8, 4) is 0 Å². The van der Waals surface area contributed by atoms with Crippen LogP contribution in [0.1, 0.15) is 11.5 Å². The molecule has 1 heterocycles. The largest absolute Gasteiger partial charge is 0.408 e. The van der Waals surface area contributed by atoms with Gasteiger partial charge in [-0.15, -0.1) is 5.10 Å². The zero-order valence-electron chi connectivity index (χ0n) is 9.14. The summed E-state index contributed by atoms with van der Waals surface area (Å²) in [6.07, 6.45) is 0.661. The van der Waals surface area contributed by atoms with Crippen molar-refractivity contribution >= 4 is 21.9 Å². The zero-order valence-corrected chi connectivity index (χ0v) is 10.7. The summed E-state index contributed by atoms with van der Waals surface area (Å²) in [6.45, 7) is 0. The highest BCUT2D eigenvalue weighted by Gasteiger charge is 2.07. The number of aromatic nitrogens is 2. The highest BCUT2D eigenvalue weighted by atomic mass is 79.9. The lowest BCUT2D eigenvalue weighted by Gasteiger charge is -2.03. The molecule has 84 valence electrons. The lowest BCUT2D eigenvalue weighted by atomic mass is 10.2. The second-order valence-corrected chi connectivity index (χ2v) is 4.59. The summed E-state index contributed by atoms with van der Waals surface area (Å²) in [6, 6.07) is 8.59. The van der Waals surface area contributed by atoms with Crippen LogP contribution in [0.2, 0.25) is 0 Å². The van der Waals surface area contributed by atoms with Crippen molar-refractivity contribution in [3.63, 3.8) is 0 Å². The molecule has 0 N–H and O–H groups in total. The molecule has 16 heavy (non-hydrogen) atoms. The topological polar surface area (TPSA) is 42.2 Å². The van der Waals surface area contributed by atoms with Gasteiger partial charge in [-0.1, -0.05) is 33.2 Å². The average Bonchev–Trinajstić information content (AvgIpc) is 2.70. The Morgan fingerprint density at radius 2 is 1.88 bits per heavy atom. The molecule has 0 fully saturated rings. The fourth-order valence-electron chi connectivity index (χ4n) is 1.27. The van der Waals surface area contributed by atoms with E-state index in [0.717, 1.165) is 10.0 Å². The Hall–Kier alpha value is -1.36. The van der Waals surface area contributed by atoms with Gasteiger partial charge in [-0.3, -0.25) is 0 Å². The van der Waals surface area contributed by atoms with Crippen molar-refractivity contribution in [2.45, 2.75) is 6.42 Å². The number of halogens is 1. The Labute approximate surface area is 102 Å². The van der Waals surface area contributed by atoms with Crippen molar-refractivity contribution in [2.75, 3.05) is 19.0 Å². The van der Waals surface area contributed by atoms with Crippen LogP contribution in [0.3, 0.4) is 0 Å². The normalized spacial score (nSPS) is 10.4. The Bertz CT molecular complexity index is 464. The first kappa shape index (κ1) is 11.1. The number of hydrogen-bond acceptors (Lipinski definition) is 4. The van der Waals surface area contributed by atoms with E-state index in [4.69, 9.17) is 4.42 Å². The van der Waals surface area contributed by atoms with Crippen LogP contribution >= 0.6 is 15.9 Å². The predicted octanol–water partition coefficient (Wildman–Crippen LogP) is 2.49. The van der Waals surface area contributed by atoms with Crippen LogP contribution in [0.15, 0.2) is 33.2 Å². The maximum Gasteiger partial charge on any atom is 0.317 e. The molecule has 0 spiro atoms. The fourth-order valence-corrected chi connectivity index (χ4v) is 1.54. The van der Waals surface area contributed by atoms with Crippen LogP contribution in [0, 0.1) is 0 Å². The number of anilines is 1. The van der Waals surface area contributed by atoms with Crippen molar-refractivity contribution in [1.29, 1.82) is 0 Å². The van der Waals surface area contributed by atoms with Crippen molar-refractivity contribution in [3.05, 3.63) is 40.2 Å². The van der Waals surface area contributed by atoms with Crippen LogP contribution in [0.5, 0.6) is 0 Å². The van der Waals surface area contributed by atoms with Gasteiger partial charge >= 0.3 is 6.01 Å². The Morgan fingerprint density at radius 1 is 1.19 bits per heavy atom. The van der Waals surface area contributed by atoms with Gasteiger partial charge in [0.1, 0.15) is 0 Å². The van der Waals surface area contributed by atoms with Gasteiger partial charge in [0.2, 0.25) is 5.89 Å². The molecule has 4 nitrogen and oxygen atoms in total. The maximum atomic E-state index is 5.47. The standard InChI is InChI=1S/C11H12BrN3O/c1-15(2)11-14-13-10(16-11)7-8-3-5-9(12)6-4-8/h3-6H,7H2,1-2H3. The molecule has 0 amide bonds. The molecule has 0 saturated heterocycles. The summed E-state index contributed by atoms with van der Waals surface area (Å²) in [5, 5.41) is 7.91. The molecule has 0 atom stereocenters. The average molecular weight is 282 g/mol. The molecule has 0 bridgehead atoms. The van der Waals surface area contributed by atoms with Crippen molar-refractivity contribution in [1.82, 2.24) is 10.2 Å². The SMILES string of the molecule is CN(C)c1nnc(Cc2ccc(Br)cc2)o1. The van der Waals surface area contributed by atoms with Crippen molar-refractivity contribution in [2.24, 2.45) is 0 Å². The summed E-state index contributed by atoms with van der Waals surface area (Å²) in [5.41, 5.74) is 1.15. The van der Waals surface area contributed by atoms with Gasteiger partial charge in [-0.25, -0.2) is 0 Å². The number of benzene rings is 1. The second kappa shape index (κ2) is 4.65. The van der Waals surface area contributed by atoms with E-state index in [9.17, 15) is 0 Å². The van der Waals surface area contributed by atoms with E-state index in [-0.39, 0.29) is 0 Å². The number of hydrogen-bond donors (Lipinski definition) is 0. The molecule has 0 saturated carbocycles. The smallest absolute Gasteiger partial charge is 0.317 e. The predicted molar refractivity (Wildman–Crippen MR) is 65.6 cm³/mol. The van der Waals surface area contributed by atoms with Crippen molar-refractivity contribution < 1.29 is 4.42 Å². The van der Waals surface area contributed by atoms with Crippen LogP contribution < -0.4 is 4.90 Å². The minimum Gasteiger partial charge on any atom is -0.408 e. The van der Waals surface area contributed by atoms with Gasteiger partial charge in [-0.05, 0) is 17.7 Å². The first-order valence-electron chi connectivity index (χ1n) is 4.89. The first-order valence-corrected chi connectivity index (χ1v) is 5.68. The lowest BCUT2D eigenvalue weighted by Crippen LogP contribution is -2.08. The number of rotatable bonds is 3. The minimum absolute atomic E-state index is 0.534. The van der Waals surface area contributed by atoms with Crippen LogP contribution in [0.25, 0.3) is 0 Å². The summed E-state index contributed by atoms with van der Waals surface area (Å²) in [5.74, 6) is 0.631. The van der Waals surface area contributed by atoms with Gasteiger partial charge in [0, 0.05) is 18.6 Å². The molecule has 1 aromatic carbocycles. The molecule has 5 heteroatoms. The second-order valence-electron chi connectivity index (χ2n) is 3.68. The molecular weight excluding hydrogens is 270 g/mol. The summed E-state index contributed by atoms with van der Waals surface area (Å²) >= 11 is 3.40. The Kier molecular flexibility index (Phi) is 3.24. The third-order valence-electron chi connectivity index (χ3n) is 2.11. The minimum atomic E-state index is 0.534. The number of nitrogens with zero attached hydrogens (tertiary/aromatic N) is 3. The van der Waals surface area contributed by atoms with E-state index in [0.29, 0.717) is 18.3 Å². The molecule has 1 aromatic heterocycles. The van der Waals surface area contributed by atoms with E-state index in [1.54, 1.807) is 4.90 Å². The summed E-state index contributed by atoms with van der Waals surface area (Å²) in [7, 11) is 3.74. The van der Waals surface area contributed by atoms with E-state index >= 15 is 0 Å². The third kappa shape index (κ3) is 2.61. The van der Waals surface area contributed by atoms with Crippen LogP contribution in [0.4, 0.5) is 6.01 Å². The molecular formula is C11H12BrN3O. The van der Waals surface area contributed by atoms with E-state index in [1.165, 1.54) is 0 Å². The van der Waals surface area contributed by atoms with E-state index in [2.05, 4.69) is 26.1 Å². The molecule has 0 aliphatic carbocycles. The highest BCUT2D eigenvalue weighted by molar-refractivity contribution is 9.10. The Morgan fingerprint density at radius 3 is 2.44 bits per heavy atom. The monoisotopic (exact) mass is 281 g/mol. The van der Waals surface area contributed by atoms with E-state index < -0.39 is 0 Å². The summed E-state index contributed by atoms with van der Waals surface area (Å²) < 4.78 is 6.54. The molecule has 0 aliphatic heterocycles. The van der Waals surface area contributed by atoms with Gasteiger partial charge in [0.25, 0.3) is 0 Å². The highest BCUT2D eigenvalue weighted by Crippen LogP contribution is 2.15. The quantitative estimate of drug-likeness (QED) is 0.867. The van der Waals surface area contributed by atoms with E-state index in [1.807, 2.05) is 38.4 Å². The van der Waals surface area contributed by atoms with Gasteiger partial charge in [-0.2, -0.15) is 0 Å². The first-order chi connectivity index (χ1) is 7.65. The third-order valence-corrected chi connectivity index (χ3v) is 2.64. The molecule has 2 rings (SSSR count). The molecule has 0 aliphatic rings. The van der Waals surface area contributed by atoms with Crippen LogP contribution in [-0.2, 0) is 6.42 Å². The summed E-state index contributed by atoms with van der Waals surface area (Å²) in [4.78, 5) is 1.79. The molecule has 2 aromatic rings. The Balaban J connectivity index is 2.11. The van der Waals surface area contributed by atoms with Gasteiger partial charge in [0.05, 0.1) is 6.42 Å². The molecule has 0 radical (unpaired) electrons. The van der Waals surface area contributed by atoms with Crippen LogP contribution in [-0.4, -0.2) is 24.3 Å². The van der Waals surface area contributed by atoms with Gasteiger partial charge < -0.3 is 9.32 Å². The zero-order chi connectivity index (χ0) is 11.5. The lowest BCUT2D eigenvalue weighted by molar-refractivity contribution is 0.506. The molecule has 0 unspecified atom stereocenters. The maximum absolute atomic E-state index is 5.47.